The average Bonchev–Trinajstić information content (AvgIpc) is 3.13. The van der Waals surface area contributed by atoms with Gasteiger partial charge in [-0.2, -0.15) is 0 Å². The van der Waals surface area contributed by atoms with Gasteiger partial charge in [-0.15, -0.1) is 0 Å². The largest absolute Gasteiger partial charge is 0.493 e. The summed E-state index contributed by atoms with van der Waals surface area (Å²) in [5, 5.41) is 0.280. The van der Waals surface area contributed by atoms with E-state index in [9.17, 15) is 9.18 Å². The van der Waals surface area contributed by atoms with Crippen molar-refractivity contribution in [2.45, 2.75) is 13.5 Å². The molecule has 0 aromatic heterocycles. The number of aryl methyl sites for hydroxylation is 1. The molecular formula is C25H19ClFNO4. The topological polar surface area (TPSA) is 57.1 Å². The Kier molecular flexibility index (Phi) is 6.23. The van der Waals surface area contributed by atoms with Crippen LogP contribution in [0.15, 0.2) is 71.4 Å². The Hall–Kier alpha value is -3.64. The molecule has 3 aromatic carbocycles. The van der Waals surface area contributed by atoms with Crippen molar-refractivity contribution in [2.75, 3.05) is 7.11 Å². The molecule has 0 aliphatic carbocycles. The van der Waals surface area contributed by atoms with Gasteiger partial charge in [0.1, 0.15) is 12.4 Å². The van der Waals surface area contributed by atoms with Crippen molar-refractivity contribution in [3.63, 3.8) is 0 Å². The third-order valence-corrected chi connectivity index (χ3v) is 5.10. The molecule has 1 aliphatic rings. The number of esters is 1. The molecule has 4 rings (SSSR count). The van der Waals surface area contributed by atoms with Gasteiger partial charge in [-0.25, -0.2) is 14.2 Å². The highest BCUT2D eigenvalue weighted by Gasteiger charge is 2.25. The first-order valence-corrected chi connectivity index (χ1v) is 10.2. The molecule has 0 fully saturated rings. The molecule has 3 aromatic rings. The number of cyclic esters (lactones) is 1. The van der Waals surface area contributed by atoms with Crippen LogP contribution in [0.25, 0.3) is 6.08 Å². The third kappa shape index (κ3) is 4.65. The Balaban J connectivity index is 1.60. The molecular weight excluding hydrogens is 433 g/mol. The van der Waals surface area contributed by atoms with Crippen molar-refractivity contribution in [1.29, 1.82) is 0 Å². The summed E-state index contributed by atoms with van der Waals surface area (Å²) in [6.45, 7) is 2.03. The number of methoxy groups -OCH3 is 1. The van der Waals surface area contributed by atoms with Crippen LogP contribution in [0.4, 0.5) is 4.39 Å². The molecule has 0 radical (unpaired) electrons. The van der Waals surface area contributed by atoms with Gasteiger partial charge in [-0.3, -0.25) is 0 Å². The minimum atomic E-state index is -0.551. The first-order valence-electron chi connectivity index (χ1n) is 9.78. The Morgan fingerprint density at radius 1 is 1.12 bits per heavy atom. The number of hydrogen-bond donors (Lipinski definition) is 0. The number of rotatable bonds is 6. The van der Waals surface area contributed by atoms with Crippen LogP contribution >= 0.6 is 11.6 Å². The lowest BCUT2D eigenvalue weighted by Crippen LogP contribution is -2.06. The fourth-order valence-electron chi connectivity index (χ4n) is 3.24. The Morgan fingerprint density at radius 2 is 1.94 bits per heavy atom. The fraction of sp³-hybridized carbons (Fsp3) is 0.120. The van der Waals surface area contributed by atoms with Gasteiger partial charge in [-0.1, -0.05) is 41.9 Å². The van der Waals surface area contributed by atoms with Gasteiger partial charge >= 0.3 is 5.97 Å². The summed E-state index contributed by atoms with van der Waals surface area (Å²) in [6, 6.07) is 16.9. The molecule has 0 unspecified atom stereocenters. The average molecular weight is 452 g/mol. The number of ether oxygens (including phenoxy) is 3. The minimum absolute atomic E-state index is 0.116. The molecule has 0 saturated carbocycles. The quantitative estimate of drug-likeness (QED) is 0.355. The van der Waals surface area contributed by atoms with E-state index < -0.39 is 5.97 Å². The second-order valence-corrected chi connectivity index (χ2v) is 7.51. The molecule has 0 spiro atoms. The van der Waals surface area contributed by atoms with Gasteiger partial charge < -0.3 is 14.2 Å². The number of aliphatic imine (C=N–C) groups is 1. The smallest absolute Gasteiger partial charge is 0.363 e. The molecule has 5 nitrogen and oxygen atoms in total. The maximum Gasteiger partial charge on any atom is 0.363 e. The third-order valence-electron chi connectivity index (χ3n) is 4.82. The Labute approximate surface area is 189 Å². The van der Waals surface area contributed by atoms with E-state index in [0.29, 0.717) is 22.6 Å². The normalized spacial score (nSPS) is 14.3. The summed E-state index contributed by atoms with van der Waals surface area (Å²) >= 11 is 6.42. The summed E-state index contributed by atoms with van der Waals surface area (Å²) in [6.07, 6.45) is 1.57. The number of halogens is 2. The van der Waals surface area contributed by atoms with Crippen LogP contribution in [0.5, 0.6) is 11.5 Å². The van der Waals surface area contributed by atoms with Crippen molar-refractivity contribution in [3.8, 4) is 11.5 Å². The first-order chi connectivity index (χ1) is 15.4. The molecule has 0 bridgehead atoms. The molecule has 1 aliphatic heterocycles. The van der Waals surface area contributed by atoms with E-state index in [-0.39, 0.29) is 29.0 Å². The maximum atomic E-state index is 13.4. The van der Waals surface area contributed by atoms with E-state index in [1.807, 2.05) is 31.2 Å². The predicted octanol–water partition coefficient (Wildman–Crippen LogP) is 5.72. The van der Waals surface area contributed by atoms with Gasteiger partial charge in [0, 0.05) is 5.56 Å². The SMILES string of the molecule is COc1cc(/C=C2\N=C(c3ccccc3C)OC2=O)cc(Cl)c1OCc1cccc(F)c1. The van der Waals surface area contributed by atoms with Crippen molar-refractivity contribution >= 4 is 29.5 Å². The number of carbonyl (C=O) groups excluding carboxylic acids is 1. The van der Waals surface area contributed by atoms with Gasteiger partial charge in [0.25, 0.3) is 0 Å². The van der Waals surface area contributed by atoms with Gasteiger partial charge in [0.05, 0.1) is 12.1 Å². The Morgan fingerprint density at radius 3 is 2.69 bits per heavy atom. The van der Waals surface area contributed by atoms with Crippen molar-refractivity contribution in [1.82, 2.24) is 0 Å². The molecule has 0 atom stereocenters. The lowest BCUT2D eigenvalue weighted by molar-refractivity contribution is -0.129. The van der Waals surface area contributed by atoms with Crippen molar-refractivity contribution in [3.05, 3.63) is 99.5 Å². The second-order valence-electron chi connectivity index (χ2n) is 7.10. The number of benzene rings is 3. The van der Waals surface area contributed by atoms with E-state index in [2.05, 4.69) is 4.99 Å². The van der Waals surface area contributed by atoms with Crippen LogP contribution < -0.4 is 9.47 Å². The van der Waals surface area contributed by atoms with Gasteiger partial charge in [0.2, 0.25) is 5.90 Å². The molecule has 1 heterocycles. The van der Waals surface area contributed by atoms with Crippen LogP contribution in [-0.4, -0.2) is 19.0 Å². The van der Waals surface area contributed by atoms with Crippen LogP contribution in [0.1, 0.15) is 22.3 Å². The maximum absolute atomic E-state index is 13.4. The summed E-state index contributed by atoms with van der Waals surface area (Å²) in [5.41, 5.74) is 3.09. The van der Waals surface area contributed by atoms with Crippen LogP contribution in [0, 0.1) is 12.7 Å². The van der Waals surface area contributed by atoms with Crippen molar-refractivity contribution < 1.29 is 23.4 Å². The lowest BCUT2D eigenvalue weighted by Gasteiger charge is -2.13. The number of nitrogens with zero attached hydrogens (tertiary/aromatic N) is 1. The standard InChI is InChI=1S/C25H19ClFNO4/c1-15-6-3-4-9-19(15)24-28-21(25(29)32-24)12-17-11-20(26)23(22(13-17)30-2)31-14-16-7-5-8-18(27)10-16/h3-13H,14H2,1-2H3/b21-12-. The molecule has 0 saturated heterocycles. The van der Waals surface area contributed by atoms with Crippen LogP contribution in [0.3, 0.4) is 0 Å². The fourth-order valence-corrected chi connectivity index (χ4v) is 3.51. The van der Waals surface area contributed by atoms with E-state index in [0.717, 1.165) is 11.1 Å². The summed E-state index contributed by atoms with van der Waals surface area (Å²) < 4.78 is 29.9. The molecule has 162 valence electrons. The van der Waals surface area contributed by atoms with Gasteiger partial charge in [0.15, 0.2) is 17.2 Å². The van der Waals surface area contributed by atoms with E-state index in [1.54, 1.807) is 30.3 Å². The van der Waals surface area contributed by atoms with Gasteiger partial charge in [-0.05, 0) is 60.0 Å². The zero-order chi connectivity index (χ0) is 22.7. The number of carbonyl (C=O) groups is 1. The molecule has 0 N–H and O–H groups in total. The Bertz CT molecular complexity index is 1250. The number of hydrogen-bond acceptors (Lipinski definition) is 5. The van der Waals surface area contributed by atoms with Crippen molar-refractivity contribution in [2.24, 2.45) is 4.99 Å². The highest BCUT2D eigenvalue weighted by Crippen LogP contribution is 2.38. The minimum Gasteiger partial charge on any atom is -0.493 e. The first kappa shape index (κ1) is 21.6. The molecule has 32 heavy (non-hydrogen) atoms. The summed E-state index contributed by atoms with van der Waals surface area (Å²) in [4.78, 5) is 16.7. The predicted molar refractivity (Wildman–Crippen MR) is 121 cm³/mol. The lowest BCUT2D eigenvalue weighted by atomic mass is 10.1. The highest BCUT2D eigenvalue weighted by atomic mass is 35.5. The zero-order valence-corrected chi connectivity index (χ0v) is 18.2. The zero-order valence-electron chi connectivity index (χ0n) is 17.4. The second kappa shape index (κ2) is 9.24. The molecule has 0 amide bonds. The highest BCUT2D eigenvalue weighted by molar-refractivity contribution is 6.32. The van der Waals surface area contributed by atoms with E-state index in [1.165, 1.54) is 19.2 Å². The van der Waals surface area contributed by atoms with Crippen LogP contribution in [-0.2, 0) is 16.1 Å². The van der Waals surface area contributed by atoms with Crippen LogP contribution in [0.2, 0.25) is 5.02 Å². The summed E-state index contributed by atoms with van der Waals surface area (Å²) in [7, 11) is 1.48. The van der Waals surface area contributed by atoms with E-state index >= 15 is 0 Å². The monoisotopic (exact) mass is 451 g/mol. The molecule has 7 heteroatoms. The van der Waals surface area contributed by atoms with E-state index in [4.69, 9.17) is 25.8 Å². The summed E-state index contributed by atoms with van der Waals surface area (Å²) in [5.74, 6) is 0.0475.